The van der Waals surface area contributed by atoms with Gasteiger partial charge in [0.25, 0.3) is 0 Å². The summed E-state index contributed by atoms with van der Waals surface area (Å²) in [5, 5.41) is 0. The number of carbonyl (C=O) groups is 2. The van der Waals surface area contributed by atoms with E-state index in [1.54, 1.807) is 6.92 Å². The molecule has 0 aromatic heterocycles. The van der Waals surface area contributed by atoms with E-state index in [4.69, 9.17) is 9.47 Å². The standard InChI is InChI=1S/C13H15FO4/c1-3-18-13(16)7-5-11(15)10-8-9(14)4-6-12(10)17-2/h4,6,8H,3,5,7H2,1-2H3. The molecule has 0 radical (unpaired) electrons. The molecule has 0 aliphatic carbocycles. The van der Waals surface area contributed by atoms with Gasteiger partial charge in [-0.15, -0.1) is 0 Å². The first kappa shape index (κ1) is 14.2. The van der Waals surface area contributed by atoms with Gasteiger partial charge < -0.3 is 9.47 Å². The number of rotatable bonds is 6. The molecular weight excluding hydrogens is 239 g/mol. The smallest absolute Gasteiger partial charge is 0.306 e. The number of hydrogen-bond acceptors (Lipinski definition) is 4. The van der Waals surface area contributed by atoms with Crippen molar-refractivity contribution in [2.24, 2.45) is 0 Å². The fourth-order valence-electron chi connectivity index (χ4n) is 1.48. The molecule has 0 atom stereocenters. The Hall–Kier alpha value is -1.91. The minimum atomic E-state index is -0.518. The van der Waals surface area contributed by atoms with Gasteiger partial charge in [0, 0.05) is 6.42 Å². The maximum atomic E-state index is 13.1. The molecule has 0 amide bonds. The lowest BCUT2D eigenvalue weighted by atomic mass is 10.1. The Morgan fingerprint density at radius 3 is 2.61 bits per heavy atom. The molecule has 0 spiro atoms. The van der Waals surface area contributed by atoms with E-state index in [9.17, 15) is 14.0 Å². The zero-order valence-corrected chi connectivity index (χ0v) is 10.4. The number of hydrogen-bond donors (Lipinski definition) is 0. The van der Waals surface area contributed by atoms with E-state index < -0.39 is 11.8 Å². The highest BCUT2D eigenvalue weighted by Gasteiger charge is 2.15. The summed E-state index contributed by atoms with van der Waals surface area (Å²) in [6.45, 7) is 1.96. The normalized spacial score (nSPS) is 9.94. The number of ether oxygens (including phenoxy) is 2. The predicted octanol–water partition coefficient (Wildman–Crippen LogP) is 2.36. The van der Waals surface area contributed by atoms with Crippen molar-refractivity contribution in [2.75, 3.05) is 13.7 Å². The minimum absolute atomic E-state index is 0.0215. The molecule has 0 heterocycles. The maximum absolute atomic E-state index is 13.1. The first-order valence-electron chi connectivity index (χ1n) is 5.60. The zero-order chi connectivity index (χ0) is 13.5. The quantitative estimate of drug-likeness (QED) is 0.577. The third-order valence-electron chi connectivity index (χ3n) is 2.32. The molecule has 0 aliphatic heterocycles. The Labute approximate surface area is 105 Å². The number of benzene rings is 1. The summed E-state index contributed by atoms with van der Waals surface area (Å²) in [7, 11) is 1.40. The molecule has 1 aromatic carbocycles. The minimum Gasteiger partial charge on any atom is -0.496 e. The Morgan fingerprint density at radius 1 is 1.28 bits per heavy atom. The monoisotopic (exact) mass is 254 g/mol. The summed E-state index contributed by atoms with van der Waals surface area (Å²) < 4.78 is 22.7. The van der Waals surface area contributed by atoms with Gasteiger partial charge in [0.15, 0.2) is 5.78 Å². The highest BCUT2D eigenvalue weighted by molar-refractivity contribution is 5.99. The number of Topliss-reactive ketones (excluding diaryl/α,β-unsaturated/α-hetero) is 1. The summed E-state index contributed by atoms with van der Waals surface area (Å²) in [4.78, 5) is 23.0. The van der Waals surface area contributed by atoms with Crippen molar-refractivity contribution >= 4 is 11.8 Å². The molecule has 0 unspecified atom stereocenters. The van der Waals surface area contributed by atoms with Crippen LogP contribution < -0.4 is 4.74 Å². The number of carbonyl (C=O) groups excluding carboxylic acids is 2. The van der Waals surface area contributed by atoms with Crippen LogP contribution in [0.1, 0.15) is 30.1 Å². The van der Waals surface area contributed by atoms with Crippen molar-refractivity contribution in [3.63, 3.8) is 0 Å². The second-order valence-corrected chi connectivity index (χ2v) is 3.57. The summed E-state index contributed by atoms with van der Waals surface area (Å²) >= 11 is 0. The van der Waals surface area contributed by atoms with Crippen molar-refractivity contribution < 1.29 is 23.5 Å². The van der Waals surface area contributed by atoms with Crippen LogP contribution in [0.4, 0.5) is 4.39 Å². The molecule has 0 saturated carbocycles. The van der Waals surface area contributed by atoms with Gasteiger partial charge in [-0.3, -0.25) is 9.59 Å². The fourth-order valence-corrected chi connectivity index (χ4v) is 1.48. The number of halogens is 1. The predicted molar refractivity (Wildman–Crippen MR) is 63.1 cm³/mol. The maximum Gasteiger partial charge on any atom is 0.306 e. The van der Waals surface area contributed by atoms with E-state index in [1.807, 2.05) is 0 Å². The van der Waals surface area contributed by atoms with Crippen molar-refractivity contribution in [3.8, 4) is 5.75 Å². The lowest BCUT2D eigenvalue weighted by Crippen LogP contribution is -2.09. The summed E-state index contributed by atoms with van der Waals surface area (Å²) in [5.41, 5.74) is 0.141. The molecule has 5 heteroatoms. The van der Waals surface area contributed by atoms with Gasteiger partial charge in [0.2, 0.25) is 0 Å². The summed E-state index contributed by atoms with van der Waals surface area (Å²) in [6.07, 6.45) is -0.0506. The number of methoxy groups -OCH3 is 1. The molecule has 0 bridgehead atoms. The van der Waals surface area contributed by atoms with E-state index in [0.29, 0.717) is 5.75 Å². The first-order valence-corrected chi connectivity index (χ1v) is 5.60. The largest absolute Gasteiger partial charge is 0.496 e. The van der Waals surface area contributed by atoms with Gasteiger partial charge in [0.05, 0.1) is 25.7 Å². The van der Waals surface area contributed by atoms with Gasteiger partial charge in [-0.1, -0.05) is 0 Å². The highest BCUT2D eigenvalue weighted by Crippen LogP contribution is 2.21. The van der Waals surface area contributed by atoms with Crippen LogP contribution in [0.5, 0.6) is 5.75 Å². The van der Waals surface area contributed by atoms with Crippen LogP contribution in [0.15, 0.2) is 18.2 Å². The topological polar surface area (TPSA) is 52.6 Å². The molecule has 0 fully saturated rings. The van der Waals surface area contributed by atoms with Gasteiger partial charge in [0.1, 0.15) is 11.6 Å². The van der Waals surface area contributed by atoms with Crippen LogP contribution in [0.3, 0.4) is 0 Å². The van der Waals surface area contributed by atoms with Gasteiger partial charge >= 0.3 is 5.97 Å². The Kier molecular flexibility index (Phi) is 5.30. The highest BCUT2D eigenvalue weighted by atomic mass is 19.1. The zero-order valence-electron chi connectivity index (χ0n) is 10.4. The second kappa shape index (κ2) is 6.74. The van der Waals surface area contributed by atoms with Gasteiger partial charge in [-0.05, 0) is 25.1 Å². The van der Waals surface area contributed by atoms with Crippen molar-refractivity contribution in [3.05, 3.63) is 29.6 Å². The third-order valence-corrected chi connectivity index (χ3v) is 2.32. The van der Waals surface area contributed by atoms with E-state index in [1.165, 1.54) is 19.2 Å². The average Bonchev–Trinajstić information content (AvgIpc) is 2.36. The molecule has 1 aromatic rings. The van der Waals surface area contributed by atoms with Crippen molar-refractivity contribution in [2.45, 2.75) is 19.8 Å². The molecule has 18 heavy (non-hydrogen) atoms. The van der Waals surface area contributed by atoms with Crippen LogP contribution in [-0.4, -0.2) is 25.5 Å². The second-order valence-electron chi connectivity index (χ2n) is 3.57. The van der Waals surface area contributed by atoms with E-state index in [0.717, 1.165) is 6.07 Å². The Morgan fingerprint density at radius 2 is 2.00 bits per heavy atom. The molecule has 0 N–H and O–H groups in total. The lowest BCUT2D eigenvalue weighted by molar-refractivity contribution is -0.143. The molecule has 0 saturated heterocycles. The van der Waals surface area contributed by atoms with E-state index in [-0.39, 0.29) is 30.8 Å². The molecule has 0 aliphatic rings. The molecule has 98 valence electrons. The fraction of sp³-hybridized carbons (Fsp3) is 0.385. The van der Waals surface area contributed by atoms with Crippen LogP contribution >= 0.6 is 0 Å². The van der Waals surface area contributed by atoms with Gasteiger partial charge in [-0.2, -0.15) is 0 Å². The molecule has 4 nitrogen and oxygen atoms in total. The van der Waals surface area contributed by atoms with Gasteiger partial charge in [-0.25, -0.2) is 4.39 Å². The first-order chi connectivity index (χ1) is 8.58. The molecular formula is C13H15FO4. The lowest BCUT2D eigenvalue weighted by Gasteiger charge is -2.07. The number of esters is 1. The molecule has 1 rings (SSSR count). The van der Waals surface area contributed by atoms with Crippen molar-refractivity contribution in [1.29, 1.82) is 0 Å². The summed E-state index contributed by atoms with van der Waals surface area (Å²) in [6, 6.07) is 3.69. The third kappa shape index (κ3) is 3.84. The Balaban J connectivity index is 2.71. The summed E-state index contributed by atoms with van der Waals surface area (Å²) in [5.74, 6) is -1.01. The van der Waals surface area contributed by atoms with Crippen LogP contribution in [0.2, 0.25) is 0 Å². The van der Waals surface area contributed by atoms with E-state index >= 15 is 0 Å². The average molecular weight is 254 g/mol. The van der Waals surface area contributed by atoms with Crippen LogP contribution in [-0.2, 0) is 9.53 Å². The number of ketones is 1. The van der Waals surface area contributed by atoms with Crippen molar-refractivity contribution in [1.82, 2.24) is 0 Å². The SMILES string of the molecule is CCOC(=O)CCC(=O)c1cc(F)ccc1OC. The van der Waals surface area contributed by atoms with E-state index in [2.05, 4.69) is 0 Å². The Bertz CT molecular complexity index is 443. The van der Waals surface area contributed by atoms with Crippen LogP contribution in [0, 0.1) is 5.82 Å². The van der Waals surface area contributed by atoms with Crippen LogP contribution in [0.25, 0.3) is 0 Å².